The van der Waals surface area contributed by atoms with Crippen molar-refractivity contribution in [1.82, 2.24) is 9.55 Å². The van der Waals surface area contributed by atoms with Gasteiger partial charge in [-0.1, -0.05) is 29.8 Å². The molecule has 8 heteroatoms. The summed E-state index contributed by atoms with van der Waals surface area (Å²) in [5, 5.41) is 30.0. The number of nitrogens with zero attached hydrogens (tertiary/aromatic N) is 3. The van der Waals surface area contributed by atoms with Gasteiger partial charge in [-0.15, -0.1) is 0 Å². The number of aliphatic hydroxyl groups excluding tert-OH is 1. The minimum atomic E-state index is -0.804. The van der Waals surface area contributed by atoms with Gasteiger partial charge < -0.3 is 15.2 Å². The fraction of sp³-hybridized carbons (Fsp3) is 0.0952. The van der Waals surface area contributed by atoms with Gasteiger partial charge in [-0.3, -0.25) is 9.56 Å². The van der Waals surface area contributed by atoms with Crippen LogP contribution in [0.15, 0.2) is 52.3 Å². The number of hydrogen-bond acceptors (Lipinski definition) is 5. The van der Waals surface area contributed by atoms with E-state index < -0.39 is 18.3 Å². The molecule has 0 amide bonds. The third-order valence-corrected chi connectivity index (χ3v) is 4.99. The highest BCUT2D eigenvalue weighted by atomic mass is 35.5. The van der Waals surface area contributed by atoms with E-state index in [9.17, 15) is 15.0 Å². The van der Waals surface area contributed by atoms with Crippen LogP contribution in [0.5, 0.6) is 5.88 Å². The molecule has 0 spiro atoms. The van der Waals surface area contributed by atoms with Crippen molar-refractivity contribution >= 4 is 35.2 Å². The quantitative estimate of drug-likeness (QED) is 0.616. The van der Waals surface area contributed by atoms with E-state index in [0.717, 1.165) is 10.1 Å². The Morgan fingerprint density at radius 2 is 2.03 bits per heavy atom. The summed E-state index contributed by atoms with van der Waals surface area (Å²) >= 11 is 5.98. The number of fused-ring (bicyclic) bond motifs is 1. The number of hydrogen-bond donors (Lipinski definition) is 3. The topological polar surface area (TPSA) is 114 Å². The number of benzene rings is 2. The second-order valence-corrected chi connectivity index (χ2v) is 6.93. The van der Waals surface area contributed by atoms with E-state index >= 15 is 0 Å². The maximum absolute atomic E-state index is 12.5. The zero-order valence-corrected chi connectivity index (χ0v) is 15.8. The van der Waals surface area contributed by atoms with Gasteiger partial charge in [0.25, 0.3) is 0 Å². The summed E-state index contributed by atoms with van der Waals surface area (Å²) in [5.74, 6) is -0.304. The van der Waals surface area contributed by atoms with Crippen LogP contribution in [0, 0.1) is 11.3 Å². The Balaban J connectivity index is 1.75. The molecule has 1 aromatic heterocycles. The van der Waals surface area contributed by atoms with Gasteiger partial charge in [-0.2, -0.15) is 5.26 Å². The number of aliphatic hydroxyl groups is 1. The number of H-pyrrole nitrogens is 1. The van der Waals surface area contributed by atoms with Crippen LogP contribution < -0.4 is 5.69 Å². The van der Waals surface area contributed by atoms with E-state index in [-0.39, 0.29) is 11.6 Å². The standard InChI is InChI=1S/C21H15ClN4O3/c22-15-5-6-16-14(10-24-17(16)8-15)7-18-20(28)26(21(29)25-18)19(11-27)13-3-1-12(9-23)2-4-13/h1-8,10,19,27-28H,11H2,(H,25,29)/b14-7+. The summed E-state index contributed by atoms with van der Waals surface area (Å²) in [6.45, 7) is -0.407. The lowest BCUT2D eigenvalue weighted by Gasteiger charge is -2.16. The molecule has 2 heterocycles. The third kappa shape index (κ3) is 3.36. The molecule has 4 rings (SSSR count). The van der Waals surface area contributed by atoms with Gasteiger partial charge in [0.05, 0.1) is 30.0 Å². The lowest BCUT2D eigenvalue weighted by atomic mass is 10.1. The van der Waals surface area contributed by atoms with Crippen LogP contribution in [-0.4, -0.2) is 32.6 Å². The van der Waals surface area contributed by atoms with Crippen molar-refractivity contribution in [2.45, 2.75) is 6.04 Å². The fourth-order valence-corrected chi connectivity index (χ4v) is 3.46. The van der Waals surface area contributed by atoms with Crippen LogP contribution in [0.2, 0.25) is 5.02 Å². The van der Waals surface area contributed by atoms with Crippen molar-refractivity contribution in [2.75, 3.05) is 6.61 Å². The van der Waals surface area contributed by atoms with Gasteiger partial charge in [0.15, 0.2) is 0 Å². The zero-order chi connectivity index (χ0) is 20.5. The molecule has 144 valence electrons. The number of aliphatic imine (C=N–C) groups is 1. The highest BCUT2D eigenvalue weighted by molar-refractivity contribution is 6.31. The average Bonchev–Trinajstić information content (AvgIpc) is 3.24. The van der Waals surface area contributed by atoms with Crippen molar-refractivity contribution in [3.05, 3.63) is 80.4 Å². The number of aromatic hydroxyl groups is 1. The summed E-state index contributed by atoms with van der Waals surface area (Å²) < 4.78 is 1.09. The Labute approximate surface area is 170 Å². The molecule has 7 nitrogen and oxygen atoms in total. The van der Waals surface area contributed by atoms with E-state index in [0.29, 0.717) is 27.4 Å². The first-order chi connectivity index (χ1) is 14.0. The lowest BCUT2D eigenvalue weighted by molar-refractivity contribution is 0.237. The van der Waals surface area contributed by atoms with E-state index in [1.54, 1.807) is 48.7 Å². The molecular weight excluding hydrogens is 392 g/mol. The van der Waals surface area contributed by atoms with Crippen molar-refractivity contribution in [3.63, 3.8) is 0 Å². The Morgan fingerprint density at radius 1 is 1.28 bits per heavy atom. The molecule has 0 fully saturated rings. The maximum Gasteiger partial charge on any atom is 0.329 e. The van der Waals surface area contributed by atoms with E-state index in [1.807, 2.05) is 12.1 Å². The number of nitriles is 1. The molecule has 3 N–H and O–H groups in total. The molecule has 0 radical (unpaired) electrons. The summed E-state index contributed by atoms with van der Waals surface area (Å²) in [6, 6.07) is 13.0. The zero-order valence-electron chi connectivity index (χ0n) is 15.0. The Bertz CT molecular complexity index is 1250. The highest BCUT2D eigenvalue weighted by Gasteiger charge is 2.22. The van der Waals surface area contributed by atoms with Crippen molar-refractivity contribution in [1.29, 1.82) is 5.26 Å². The predicted octanol–water partition coefficient (Wildman–Crippen LogP) is 3.25. The number of imidazole rings is 1. The summed E-state index contributed by atoms with van der Waals surface area (Å²) in [5.41, 5.74) is 2.92. The molecule has 1 aliphatic heterocycles. The summed E-state index contributed by atoms with van der Waals surface area (Å²) in [6.07, 6.45) is 3.24. The minimum Gasteiger partial charge on any atom is -0.493 e. The van der Waals surface area contributed by atoms with Crippen molar-refractivity contribution in [3.8, 4) is 11.9 Å². The van der Waals surface area contributed by atoms with Crippen LogP contribution in [0.4, 0.5) is 5.69 Å². The van der Waals surface area contributed by atoms with E-state index in [2.05, 4.69) is 9.98 Å². The van der Waals surface area contributed by atoms with Gasteiger partial charge in [0, 0.05) is 22.4 Å². The van der Waals surface area contributed by atoms with Crippen LogP contribution >= 0.6 is 11.6 Å². The first kappa shape index (κ1) is 18.7. The second kappa shape index (κ2) is 7.43. The second-order valence-electron chi connectivity index (χ2n) is 6.49. The Kier molecular flexibility index (Phi) is 4.80. The fourth-order valence-electron chi connectivity index (χ4n) is 3.30. The molecule has 29 heavy (non-hydrogen) atoms. The summed E-state index contributed by atoms with van der Waals surface area (Å²) in [7, 11) is 0. The number of aromatic amines is 1. The smallest absolute Gasteiger partial charge is 0.329 e. The lowest BCUT2D eigenvalue weighted by Crippen LogP contribution is -2.25. The van der Waals surface area contributed by atoms with Crippen LogP contribution in [0.3, 0.4) is 0 Å². The minimum absolute atomic E-state index is 0.200. The van der Waals surface area contributed by atoms with Gasteiger partial charge in [-0.25, -0.2) is 4.79 Å². The van der Waals surface area contributed by atoms with E-state index in [4.69, 9.17) is 16.9 Å². The molecule has 2 aromatic carbocycles. The molecule has 1 aliphatic rings. The van der Waals surface area contributed by atoms with Gasteiger partial charge >= 0.3 is 5.69 Å². The number of nitrogens with one attached hydrogen (secondary N) is 1. The van der Waals surface area contributed by atoms with Crippen molar-refractivity contribution < 1.29 is 10.2 Å². The molecular formula is C21H15ClN4O3. The predicted molar refractivity (Wildman–Crippen MR) is 111 cm³/mol. The van der Waals surface area contributed by atoms with Gasteiger partial charge in [0.1, 0.15) is 5.69 Å². The van der Waals surface area contributed by atoms with Crippen LogP contribution in [0.1, 0.15) is 28.4 Å². The van der Waals surface area contributed by atoms with Gasteiger partial charge in [-0.05, 0) is 35.9 Å². The largest absolute Gasteiger partial charge is 0.493 e. The summed E-state index contributed by atoms with van der Waals surface area (Å²) in [4.78, 5) is 19.4. The monoisotopic (exact) mass is 406 g/mol. The molecule has 0 aliphatic carbocycles. The molecule has 1 unspecified atom stereocenters. The maximum atomic E-state index is 12.5. The molecule has 1 atom stereocenters. The average molecular weight is 407 g/mol. The number of rotatable bonds is 4. The first-order valence-corrected chi connectivity index (χ1v) is 9.09. The van der Waals surface area contributed by atoms with Crippen LogP contribution in [-0.2, 0) is 0 Å². The normalized spacial score (nSPS) is 14.7. The third-order valence-electron chi connectivity index (χ3n) is 4.75. The SMILES string of the molecule is N#Cc1ccc(C(CO)n2c(O)c(/C=C3\C=Nc4cc(Cl)ccc43)[nH]c2=O)cc1. The molecule has 0 bridgehead atoms. The van der Waals surface area contributed by atoms with E-state index in [1.165, 1.54) is 0 Å². The Hall–Kier alpha value is -3.60. The van der Waals surface area contributed by atoms with Crippen LogP contribution in [0.25, 0.3) is 11.6 Å². The molecule has 0 saturated carbocycles. The number of aromatic nitrogens is 2. The molecule has 3 aromatic rings. The Morgan fingerprint density at radius 3 is 2.72 bits per heavy atom. The highest BCUT2D eigenvalue weighted by Crippen LogP contribution is 2.35. The molecule has 0 saturated heterocycles. The van der Waals surface area contributed by atoms with Crippen molar-refractivity contribution in [2.24, 2.45) is 4.99 Å². The number of halogens is 1. The number of allylic oxidation sites excluding steroid dienone is 1. The first-order valence-electron chi connectivity index (χ1n) is 8.72. The van der Waals surface area contributed by atoms with Gasteiger partial charge in [0.2, 0.25) is 5.88 Å².